The molecule has 63 heavy (non-hydrogen) atoms. The zero-order chi connectivity index (χ0) is 41.4. The van der Waals surface area contributed by atoms with E-state index in [1.54, 1.807) is 0 Å². The first-order valence-electron chi connectivity index (χ1n) is 21.3. The van der Waals surface area contributed by atoms with Crippen molar-refractivity contribution in [3.63, 3.8) is 0 Å². The summed E-state index contributed by atoms with van der Waals surface area (Å²) in [5.74, 6) is 0.884. The predicted molar refractivity (Wildman–Crippen MR) is 260 cm³/mol. The molecular formula is C58H36N4O. The number of pyridine rings is 2. The summed E-state index contributed by atoms with van der Waals surface area (Å²) in [5, 5.41) is 5.81. The second kappa shape index (κ2) is 14.0. The first kappa shape index (κ1) is 35.2. The van der Waals surface area contributed by atoms with Crippen LogP contribution in [-0.2, 0) is 0 Å². The highest BCUT2D eigenvalue weighted by Gasteiger charge is 2.19. The van der Waals surface area contributed by atoms with E-state index in [4.69, 9.17) is 9.40 Å². The summed E-state index contributed by atoms with van der Waals surface area (Å²) in [4.78, 5) is 10.0. The van der Waals surface area contributed by atoms with E-state index in [0.717, 1.165) is 94.7 Å². The van der Waals surface area contributed by atoms with Crippen molar-refractivity contribution < 1.29 is 4.42 Å². The Labute approximate surface area is 362 Å². The molecule has 0 radical (unpaired) electrons. The van der Waals surface area contributed by atoms with Gasteiger partial charge in [-0.05, 0) is 112 Å². The molecule has 13 rings (SSSR count). The summed E-state index contributed by atoms with van der Waals surface area (Å²) < 4.78 is 10.8. The van der Waals surface area contributed by atoms with Crippen LogP contribution in [0.4, 0.5) is 0 Å². The van der Waals surface area contributed by atoms with Gasteiger partial charge < -0.3 is 8.98 Å². The zero-order valence-corrected chi connectivity index (χ0v) is 34.0. The number of nitrogens with zero attached hydrogens (tertiary/aromatic N) is 4. The van der Waals surface area contributed by atoms with Crippen LogP contribution in [0.5, 0.6) is 0 Å². The summed E-state index contributed by atoms with van der Waals surface area (Å²) in [7, 11) is 0. The molecule has 0 aliphatic rings. The Hall–Kier alpha value is -8.54. The maximum atomic E-state index is 6.13. The largest absolute Gasteiger partial charge is 0.454 e. The normalized spacial score (nSPS) is 11.8. The van der Waals surface area contributed by atoms with Gasteiger partial charge in [-0.1, -0.05) is 133 Å². The summed E-state index contributed by atoms with van der Waals surface area (Å²) in [6.45, 7) is 0. The molecule has 5 heteroatoms. The highest BCUT2D eigenvalue weighted by molar-refractivity contribution is 6.12. The molecule has 0 unspecified atom stereocenters. The minimum atomic E-state index is 0.795. The molecule has 5 heterocycles. The lowest BCUT2D eigenvalue weighted by atomic mass is 9.97. The van der Waals surface area contributed by atoms with Gasteiger partial charge in [-0.15, -0.1) is 0 Å². The number of fused-ring (bicyclic) bond motifs is 9. The third kappa shape index (κ3) is 5.71. The lowest BCUT2D eigenvalue weighted by Gasteiger charge is -2.13. The van der Waals surface area contributed by atoms with Crippen molar-refractivity contribution in [3.8, 4) is 56.1 Å². The molecule has 0 aliphatic heterocycles. The van der Waals surface area contributed by atoms with Crippen molar-refractivity contribution in [3.05, 3.63) is 219 Å². The number of rotatable bonds is 6. The van der Waals surface area contributed by atoms with Gasteiger partial charge in [0.15, 0.2) is 5.58 Å². The van der Waals surface area contributed by atoms with E-state index >= 15 is 0 Å². The SMILES string of the molecule is c1ccc(-c2cc(-c3ccccc3)nc(-n3c4ccccc4c4ccc(-c5cccc(-c6ccc7c(c6)c6ccccc6n7-c6ccc7oc8cccnc8c7c6)c5)cc43)c2)cc1. The minimum Gasteiger partial charge on any atom is -0.454 e. The molecular weight excluding hydrogens is 769 g/mol. The minimum absolute atomic E-state index is 0.795. The quantitative estimate of drug-likeness (QED) is 0.168. The molecule has 0 aliphatic carbocycles. The third-order valence-corrected chi connectivity index (χ3v) is 12.6. The van der Waals surface area contributed by atoms with E-state index in [9.17, 15) is 0 Å². The van der Waals surface area contributed by atoms with Crippen LogP contribution in [0.2, 0.25) is 0 Å². The maximum absolute atomic E-state index is 6.13. The van der Waals surface area contributed by atoms with Crippen LogP contribution in [-0.4, -0.2) is 19.1 Å². The van der Waals surface area contributed by atoms with Gasteiger partial charge in [0.25, 0.3) is 0 Å². The van der Waals surface area contributed by atoms with Crippen LogP contribution in [0, 0.1) is 0 Å². The van der Waals surface area contributed by atoms with Crippen LogP contribution in [0.15, 0.2) is 223 Å². The molecule has 0 fully saturated rings. The molecule has 5 nitrogen and oxygen atoms in total. The fraction of sp³-hybridized carbons (Fsp3) is 0. The average Bonchev–Trinajstić information content (AvgIpc) is 4.01. The van der Waals surface area contributed by atoms with Gasteiger partial charge in [0.05, 0.1) is 27.8 Å². The highest BCUT2D eigenvalue weighted by Crippen LogP contribution is 2.40. The molecule has 0 amide bonds. The molecule has 294 valence electrons. The van der Waals surface area contributed by atoms with Gasteiger partial charge in [-0.25, -0.2) is 4.98 Å². The van der Waals surface area contributed by atoms with Gasteiger partial charge in [0, 0.05) is 44.4 Å². The van der Waals surface area contributed by atoms with Crippen LogP contribution < -0.4 is 0 Å². The Morgan fingerprint density at radius 2 is 0.968 bits per heavy atom. The molecule has 0 saturated heterocycles. The summed E-state index contributed by atoms with van der Waals surface area (Å²) in [5.41, 5.74) is 17.0. The highest BCUT2D eigenvalue weighted by atomic mass is 16.3. The lowest BCUT2D eigenvalue weighted by Crippen LogP contribution is -2.00. The smallest absolute Gasteiger partial charge is 0.153 e. The van der Waals surface area contributed by atoms with Crippen molar-refractivity contribution >= 4 is 65.7 Å². The van der Waals surface area contributed by atoms with E-state index in [2.05, 4.69) is 214 Å². The van der Waals surface area contributed by atoms with Gasteiger partial charge in [0.2, 0.25) is 0 Å². The van der Waals surface area contributed by atoms with E-state index in [0.29, 0.717) is 0 Å². The summed E-state index contributed by atoms with van der Waals surface area (Å²) >= 11 is 0. The second-order valence-electron chi connectivity index (χ2n) is 16.2. The molecule has 0 N–H and O–H groups in total. The molecule has 8 aromatic carbocycles. The molecule has 5 aromatic heterocycles. The van der Waals surface area contributed by atoms with Crippen LogP contribution >= 0.6 is 0 Å². The van der Waals surface area contributed by atoms with Gasteiger partial charge in [0.1, 0.15) is 16.9 Å². The number of furan rings is 1. The van der Waals surface area contributed by atoms with E-state index in [1.165, 1.54) is 27.1 Å². The first-order valence-corrected chi connectivity index (χ1v) is 21.3. The Balaban J connectivity index is 0.942. The van der Waals surface area contributed by atoms with Gasteiger partial charge in [-0.3, -0.25) is 9.55 Å². The topological polar surface area (TPSA) is 48.8 Å². The average molecular weight is 805 g/mol. The number of hydrogen-bond donors (Lipinski definition) is 0. The van der Waals surface area contributed by atoms with Crippen molar-refractivity contribution in [2.75, 3.05) is 0 Å². The Bertz CT molecular complexity index is 3860. The number of hydrogen-bond acceptors (Lipinski definition) is 3. The monoisotopic (exact) mass is 804 g/mol. The fourth-order valence-corrected chi connectivity index (χ4v) is 9.62. The Kier molecular flexibility index (Phi) is 7.84. The van der Waals surface area contributed by atoms with Crippen molar-refractivity contribution in [1.29, 1.82) is 0 Å². The number of aromatic nitrogens is 4. The van der Waals surface area contributed by atoms with E-state index in [-0.39, 0.29) is 0 Å². The Morgan fingerprint density at radius 1 is 0.333 bits per heavy atom. The van der Waals surface area contributed by atoms with Gasteiger partial charge >= 0.3 is 0 Å². The lowest BCUT2D eigenvalue weighted by molar-refractivity contribution is 0.668. The van der Waals surface area contributed by atoms with Crippen molar-refractivity contribution in [1.82, 2.24) is 19.1 Å². The Morgan fingerprint density at radius 3 is 1.78 bits per heavy atom. The summed E-state index contributed by atoms with van der Waals surface area (Å²) in [6.07, 6.45) is 1.82. The van der Waals surface area contributed by atoms with Crippen molar-refractivity contribution in [2.24, 2.45) is 0 Å². The zero-order valence-electron chi connectivity index (χ0n) is 34.0. The predicted octanol–water partition coefficient (Wildman–Crippen LogP) is 15.2. The third-order valence-electron chi connectivity index (χ3n) is 12.6. The molecule has 0 bridgehead atoms. The first-order chi connectivity index (χ1) is 31.2. The number of benzene rings is 8. The van der Waals surface area contributed by atoms with Crippen LogP contribution in [0.3, 0.4) is 0 Å². The summed E-state index contributed by atoms with van der Waals surface area (Å²) in [6, 6.07) is 75.8. The maximum Gasteiger partial charge on any atom is 0.153 e. The second-order valence-corrected chi connectivity index (χ2v) is 16.2. The van der Waals surface area contributed by atoms with Crippen molar-refractivity contribution in [2.45, 2.75) is 0 Å². The van der Waals surface area contributed by atoms with Crippen LogP contribution in [0.25, 0.3) is 122 Å². The molecule has 0 spiro atoms. The molecule has 13 aromatic rings. The van der Waals surface area contributed by atoms with Crippen LogP contribution in [0.1, 0.15) is 0 Å². The number of para-hydroxylation sites is 2. The molecule has 0 atom stereocenters. The standard InChI is InChI=1S/C58H36N4O/c1-3-13-37(14-4-1)43-33-50(38-15-5-2-6-16-38)60-57(35-43)62-52-22-10-7-19-45(52)47-27-24-42(34-54(47)62)40-18-11-17-39(31-40)41-25-28-53-48(32-41)46-20-8-9-21-51(46)61(53)44-26-29-55-49(36-44)58-56(63-55)23-12-30-59-58/h1-36H. The van der Waals surface area contributed by atoms with Gasteiger partial charge in [-0.2, -0.15) is 0 Å². The fourth-order valence-electron chi connectivity index (χ4n) is 9.62. The van der Waals surface area contributed by atoms with E-state index < -0.39 is 0 Å². The van der Waals surface area contributed by atoms with E-state index in [1.807, 2.05) is 18.3 Å². The molecule has 0 saturated carbocycles.